The van der Waals surface area contributed by atoms with Crippen LogP contribution in [0, 0.1) is 11.8 Å². The first-order valence-corrected chi connectivity index (χ1v) is 5.40. The van der Waals surface area contributed by atoms with Crippen molar-refractivity contribution in [2.24, 2.45) is 11.8 Å². The molecule has 0 radical (unpaired) electrons. The van der Waals surface area contributed by atoms with Gasteiger partial charge in [0.2, 0.25) is 0 Å². The number of carbonyl (C=O) groups is 1. The summed E-state index contributed by atoms with van der Waals surface area (Å²) < 4.78 is 5.34. The maximum absolute atomic E-state index is 10.8. The van der Waals surface area contributed by atoms with E-state index in [-0.39, 0.29) is 11.8 Å². The van der Waals surface area contributed by atoms with E-state index in [1.165, 1.54) is 0 Å². The van der Waals surface area contributed by atoms with E-state index in [2.05, 4.69) is 6.92 Å². The van der Waals surface area contributed by atoms with Gasteiger partial charge in [-0.3, -0.25) is 4.79 Å². The van der Waals surface area contributed by atoms with E-state index in [0.717, 1.165) is 19.4 Å². The largest absolute Gasteiger partial charge is 0.481 e. The topological polar surface area (TPSA) is 46.5 Å². The van der Waals surface area contributed by atoms with Gasteiger partial charge in [-0.05, 0) is 18.8 Å². The Morgan fingerprint density at radius 3 is 2.43 bits per heavy atom. The molecular formula is C11H22O3. The molecule has 3 heteroatoms. The minimum absolute atomic E-state index is 0.183. The van der Waals surface area contributed by atoms with Crippen molar-refractivity contribution < 1.29 is 14.6 Å². The number of hydrogen-bond acceptors (Lipinski definition) is 2. The van der Waals surface area contributed by atoms with E-state index in [1.807, 2.05) is 13.8 Å². The van der Waals surface area contributed by atoms with Gasteiger partial charge in [-0.1, -0.05) is 27.2 Å². The van der Waals surface area contributed by atoms with Gasteiger partial charge >= 0.3 is 5.97 Å². The summed E-state index contributed by atoms with van der Waals surface area (Å²) in [5.41, 5.74) is 0. The summed E-state index contributed by atoms with van der Waals surface area (Å²) in [7, 11) is 0. The number of hydrogen-bond donors (Lipinski definition) is 1. The monoisotopic (exact) mass is 202 g/mol. The third-order valence-corrected chi connectivity index (χ3v) is 2.34. The number of unbranched alkanes of at least 4 members (excludes halogenated alkanes) is 1. The molecule has 0 aromatic carbocycles. The van der Waals surface area contributed by atoms with Crippen LogP contribution in [0.15, 0.2) is 0 Å². The van der Waals surface area contributed by atoms with Crippen LogP contribution in [0.5, 0.6) is 0 Å². The molecule has 0 amide bonds. The van der Waals surface area contributed by atoms with Gasteiger partial charge in [-0.25, -0.2) is 0 Å². The van der Waals surface area contributed by atoms with Crippen molar-refractivity contribution in [3.05, 3.63) is 0 Å². The molecule has 0 fully saturated rings. The van der Waals surface area contributed by atoms with E-state index in [0.29, 0.717) is 13.0 Å². The lowest BCUT2D eigenvalue weighted by Crippen LogP contribution is -2.21. The van der Waals surface area contributed by atoms with Gasteiger partial charge < -0.3 is 9.84 Å². The predicted octanol–water partition coefficient (Wildman–Crippen LogP) is 2.55. The fourth-order valence-electron chi connectivity index (χ4n) is 1.30. The van der Waals surface area contributed by atoms with Crippen LogP contribution >= 0.6 is 0 Å². The molecule has 0 saturated heterocycles. The molecule has 84 valence electrons. The third-order valence-electron chi connectivity index (χ3n) is 2.34. The lowest BCUT2D eigenvalue weighted by molar-refractivity contribution is -0.144. The maximum Gasteiger partial charge on any atom is 0.306 e. The summed E-state index contributed by atoms with van der Waals surface area (Å²) in [6.07, 6.45) is 2.79. The van der Waals surface area contributed by atoms with Gasteiger partial charge in [-0.15, -0.1) is 0 Å². The van der Waals surface area contributed by atoms with E-state index in [9.17, 15) is 4.79 Å². The number of aliphatic carboxylic acids is 1. The van der Waals surface area contributed by atoms with Crippen LogP contribution in [-0.2, 0) is 9.53 Å². The summed E-state index contributed by atoms with van der Waals surface area (Å²) in [6, 6.07) is 0. The molecule has 1 N–H and O–H groups in total. The minimum atomic E-state index is -0.709. The molecule has 0 spiro atoms. The number of carboxylic acids is 1. The molecule has 0 heterocycles. The summed E-state index contributed by atoms with van der Waals surface area (Å²) in [6.45, 7) is 7.29. The van der Waals surface area contributed by atoms with Crippen LogP contribution in [0.1, 0.15) is 40.0 Å². The Hall–Kier alpha value is -0.570. The smallest absolute Gasteiger partial charge is 0.306 e. The van der Waals surface area contributed by atoms with Gasteiger partial charge in [0.1, 0.15) is 0 Å². The Morgan fingerprint density at radius 1 is 1.36 bits per heavy atom. The van der Waals surface area contributed by atoms with E-state index >= 15 is 0 Å². The Morgan fingerprint density at radius 2 is 2.00 bits per heavy atom. The lowest BCUT2D eigenvalue weighted by atomic mass is 9.93. The van der Waals surface area contributed by atoms with Crippen LogP contribution < -0.4 is 0 Å². The zero-order valence-electron chi connectivity index (χ0n) is 9.45. The molecule has 0 aromatic rings. The molecule has 1 unspecified atom stereocenters. The first-order chi connectivity index (χ1) is 6.59. The zero-order valence-corrected chi connectivity index (χ0v) is 9.45. The quantitative estimate of drug-likeness (QED) is 0.615. The molecule has 3 nitrogen and oxygen atoms in total. The average Bonchev–Trinajstić information content (AvgIpc) is 2.09. The normalized spacial score (nSPS) is 13.1. The molecular weight excluding hydrogens is 180 g/mol. The third kappa shape index (κ3) is 5.97. The van der Waals surface area contributed by atoms with Gasteiger partial charge in [0.25, 0.3) is 0 Å². The number of ether oxygens (including phenoxy) is 1. The fraction of sp³-hybridized carbons (Fsp3) is 0.909. The lowest BCUT2D eigenvalue weighted by Gasteiger charge is -2.15. The van der Waals surface area contributed by atoms with Crippen molar-refractivity contribution in [2.75, 3.05) is 13.2 Å². The summed E-state index contributed by atoms with van der Waals surface area (Å²) in [5, 5.41) is 8.89. The second kappa shape index (κ2) is 7.80. The van der Waals surface area contributed by atoms with Gasteiger partial charge in [0.05, 0.1) is 5.92 Å². The van der Waals surface area contributed by atoms with Crippen LogP contribution in [0.3, 0.4) is 0 Å². The van der Waals surface area contributed by atoms with E-state index < -0.39 is 5.97 Å². The van der Waals surface area contributed by atoms with Crippen molar-refractivity contribution in [3.8, 4) is 0 Å². The zero-order chi connectivity index (χ0) is 11.0. The Balaban J connectivity index is 3.57. The van der Waals surface area contributed by atoms with Crippen molar-refractivity contribution >= 4 is 5.97 Å². The molecule has 1 atom stereocenters. The fourth-order valence-corrected chi connectivity index (χ4v) is 1.30. The predicted molar refractivity (Wildman–Crippen MR) is 56.3 cm³/mol. The molecule has 0 saturated carbocycles. The number of carboxylic acid groups (broad SMARTS) is 1. The van der Waals surface area contributed by atoms with Gasteiger partial charge in [0.15, 0.2) is 0 Å². The molecule has 0 aromatic heterocycles. The summed E-state index contributed by atoms with van der Waals surface area (Å²) in [4.78, 5) is 10.8. The molecule has 0 aliphatic rings. The highest BCUT2D eigenvalue weighted by Crippen LogP contribution is 2.15. The van der Waals surface area contributed by atoms with Gasteiger partial charge in [0, 0.05) is 13.2 Å². The summed E-state index contributed by atoms with van der Waals surface area (Å²) >= 11 is 0. The second-order valence-electron chi connectivity index (χ2n) is 3.94. The molecule has 0 aliphatic carbocycles. The summed E-state index contributed by atoms with van der Waals surface area (Å²) in [5.74, 6) is -0.794. The van der Waals surface area contributed by atoms with Crippen molar-refractivity contribution in [3.63, 3.8) is 0 Å². The second-order valence-corrected chi connectivity index (χ2v) is 3.94. The standard InChI is InChI=1S/C11H22O3/c1-4-5-7-14-8-6-10(9(2)3)11(12)13/h9-10H,4-8H2,1-3H3,(H,12,13). The van der Waals surface area contributed by atoms with Crippen molar-refractivity contribution in [1.29, 1.82) is 0 Å². The van der Waals surface area contributed by atoms with Crippen molar-refractivity contribution in [2.45, 2.75) is 40.0 Å². The molecule has 0 aliphatic heterocycles. The molecule has 14 heavy (non-hydrogen) atoms. The highest BCUT2D eigenvalue weighted by Gasteiger charge is 2.20. The van der Waals surface area contributed by atoms with Crippen LogP contribution in [-0.4, -0.2) is 24.3 Å². The van der Waals surface area contributed by atoms with Crippen molar-refractivity contribution in [1.82, 2.24) is 0 Å². The van der Waals surface area contributed by atoms with E-state index in [1.54, 1.807) is 0 Å². The highest BCUT2D eigenvalue weighted by molar-refractivity contribution is 5.70. The Labute approximate surface area is 86.5 Å². The minimum Gasteiger partial charge on any atom is -0.481 e. The van der Waals surface area contributed by atoms with Crippen LogP contribution in [0.25, 0.3) is 0 Å². The molecule has 0 bridgehead atoms. The van der Waals surface area contributed by atoms with E-state index in [4.69, 9.17) is 9.84 Å². The maximum atomic E-state index is 10.8. The number of rotatable bonds is 8. The molecule has 0 rings (SSSR count). The first-order valence-electron chi connectivity index (χ1n) is 5.40. The highest BCUT2D eigenvalue weighted by atomic mass is 16.5. The first kappa shape index (κ1) is 13.4. The SMILES string of the molecule is CCCCOCCC(C(=O)O)C(C)C. The Bertz CT molecular complexity index is 155. The van der Waals surface area contributed by atoms with Crippen LogP contribution in [0.4, 0.5) is 0 Å². The van der Waals surface area contributed by atoms with Gasteiger partial charge in [-0.2, -0.15) is 0 Å². The Kier molecular flexibility index (Phi) is 7.48. The van der Waals surface area contributed by atoms with Crippen LogP contribution in [0.2, 0.25) is 0 Å². The average molecular weight is 202 g/mol.